The monoisotopic (exact) mass is 243 g/mol. The van der Waals surface area contributed by atoms with E-state index in [2.05, 4.69) is 10.5 Å². The van der Waals surface area contributed by atoms with Gasteiger partial charge in [0.25, 0.3) is 0 Å². The predicted octanol–water partition coefficient (Wildman–Crippen LogP) is 1.84. The van der Waals surface area contributed by atoms with E-state index in [4.69, 9.17) is 10.9 Å². The van der Waals surface area contributed by atoms with Gasteiger partial charge in [0.15, 0.2) is 5.84 Å². The zero-order valence-electron chi connectivity index (χ0n) is 11.5. The van der Waals surface area contributed by atoms with Gasteiger partial charge in [0.05, 0.1) is 0 Å². The Morgan fingerprint density at radius 1 is 1.24 bits per heavy atom. The number of carbonyl (C=O) groups excluding carboxylic acids is 1. The Balaban J connectivity index is 5.03. The molecule has 0 aliphatic heterocycles. The van der Waals surface area contributed by atoms with Crippen molar-refractivity contribution < 1.29 is 10.0 Å². The number of oxime groups is 1. The molecular weight excluding hydrogens is 218 g/mol. The summed E-state index contributed by atoms with van der Waals surface area (Å²) in [6.45, 7) is 9.57. The molecule has 4 N–H and O–H groups in total. The Morgan fingerprint density at radius 2 is 1.71 bits per heavy atom. The number of nitrogens with two attached hydrogens (primary N) is 1. The van der Waals surface area contributed by atoms with Crippen LogP contribution in [0.2, 0.25) is 0 Å². The van der Waals surface area contributed by atoms with Crippen LogP contribution in [0.15, 0.2) is 5.16 Å². The first-order chi connectivity index (χ1) is 7.79. The van der Waals surface area contributed by atoms with Gasteiger partial charge in [-0.05, 0) is 33.1 Å². The van der Waals surface area contributed by atoms with Gasteiger partial charge >= 0.3 is 0 Å². The average molecular weight is 243 g/mol. The quantitative estimate of drug-likeness (QED) is 0.288. The van der Waals surface area contributed by atoms with E-state index in [0.717, 1.165) is 12.8 Å². The molecule has 1 atom stereocenters. The lowest BCUT2D eigenvalue weighted by atomic mass is 9.83. The van der Waals surface area contributed by atoms with Crippen molar-refractivity contribution in [3.8, 4) is 0 Å². The van der Waals surface area contributed by atoms with Gasteiger partial charge in [-0.1, -0.05) is 25.9 Å². The zero-order valence-corrected chi connectivity index (χ0v) is 11.5. The standard InChI is InChI=1S/C12H25N3O2/c1-6-11(4,7-2)14-10(16)12(5,8-3)9(13)15-17/h17H,6-8H2,1-5H3,(H2,13,15)(H,14,16). The Hall–Kier alpha value is -1.26. The van der Waals surface area contributed by atoms with E-state index in [1.165, 1.54) is 0 Å². The van der Waals surface area contributed by atoms with Gasteiger partial charge in [-0.25, -0.2) is 0 Å². The first-order valence-electron chi connectivity index (χ1n) is 6.10. The fourth-order valence-corrected chi connectivity index (χ4v) is 1.41. The minimum absolute atomic E-state index is 0.0490. The van der Waals surface area contributed by atoms with Gasteiger partial charge in [-0.2, -0.15) is 0 Å². The number of amidine groups is 1. The highest BCUT2D eigenvalue weighted by Gasteiger charge is 2.39. The van der Waals surface area contributed by atoms with Crippen LogP contribution in [0.3, 0.4) is 0 Å². The van der Waals surface area contributed by atoms with Crippen LogP contribution in [-0.2, 0) is 4.79 Å². The van der Waals surface area contributed by atoms with Crippen LogP contribution in [0.1, 0.15) is 53.9 Å². The van der Waals surface area contributed by atoms with Gasteiger partial charge in [0.1, 0.15) is 5.41 Å². The van der Waals surface area contributed by atoms with Gasteiger partial charge in [-0.15, -0.1) is 0 Å². The summed E-state index contributed by atoms with van der Waals surface area (Å²) >= 11 is 0. The highest BCUT2D eigenvalue weighted by molar-refractivity contribution is 6.06. The molecule has 0 saturated carbocycles. The smallest absolute Gasteiger partial charge is 0.234 e. The molecule has 0 fully saturated rings. The Bertz CT molecular complexity index is 298. The summed E-state index contributed by atoms with van der Waals surface area (Å²) in [5, 5.41) is 14.7. The van der Waals surface area contributed by atoms with E-state index in [1.807, 2.05) is 27.7 Å². The Labute approximate surface area is 103 Å². The molecule has 0 radical (unpaired) electrons. The molecule has 5 heteroatoms. The summed E-state index contributed by atoms with van der Waals surface area (Å²) < 4.78 is 0. The molecule has 0 saturated heterocycles. The number of nitrogens with zero attached hydrogens (tertiary/aromatic N) is 1. The summed E-state index contributed by atoms with van der Waals surface area (Å²) in [6, 6.07) is 0. The van der Waals surface area contributed by atoms with Crippen LogP contribution >= 0.6 is 0 Å². The molecular formula is C12H25N3O2. The van der Waals surface area contributed by atoms with Crippen molar-refractivity contribution in [3.63, 3.8) is 0 Å². The topological polar surface area (TPSA) is 87.7 Å². The van der Waals surface area contributed by atoms with E-state index in [0.29, 0.717) is 6.42 Å². The van der Waals surface area contributed by atoms with Gasteiger partial charge in [0, 0.05) is 5.54 Å². The maximum Gasteiger partial charge on any atom is 0.234 e. The number of hydrogen-bond acceptors (Lipinski definition) is 3. The Morgan fingerprint density at radius 3 is 2.00 bits per heavy atom. The number of rotatable bonds is 6. The summed E-state index contributed by atoms with van der Waals surface area (Å²) in [7, 11) is 0. The van der Waals surface area contributed by atoms with Gasteiger partial charge in [0.2, 0.25) is 5.91 Å². The predicted molar refractivity (Wildman–Crippen MR) is 68.9 cm³/mol. The second kappa shape index (κ2) is 5.89. The second-order valence-electron chi connectivity index (χ2n) is 4.89. The molecule has 0 aromatic rings. The lowest BCUT2D eigenvalue weighted by molar-refractivity contribution is -0.129. The summed E-state index contributed by atoms with van der Waals surface area (Å²) in [4.78, 5) is 12.2. The fraction of sp³-hybridized carbons (Fsp3) is 0.833. The minimum Gasteiger partial charge on any atom is -0.409 e. The largest absolute Gasteiger partial charge is 0.409 e. The van der Waals surface area contributed by atoms with Crippen LogP contribution in [0.4, 0.5) is 0 Å². The van der Waals surface area contributed by atoms with Crippen molar-refractivity contribution >= 4 is 11.7 Å². The average Bonchev–Trinajstić information content (AvgIpc) is 2.36. The van der Waals surface area contributed by atoms with Crippen LogP contribution < -0.4 is 11.1 Å². The molecule has 0 aliphatic carbocycles. The van der Waals surface area contributed by atoms with Crippen molar-refractivity contribution in [3.05, 3.63) is 0 Å². The third-order valence-corrected chi connectivity index (χ3v) is 3.86. The first kappa shape index (κ1) is 15.7. The molecule has 0 aliphatic rings. The molecule has 0 spiro atoms. The maximum atomic E-state index is 12.2. The van der Waals surface area contributed by atoms with E-state index in [-0.39, 0.29) is 17.3 Å². The van der Waals surface area contributed by atoms with Crippen LogP contribution in [0.5, 0.6) is 0 Å². The van der Waals surface area contributed by atoms with E-state index in [9.17, 15) is 4.79 Å². The zero-order chi connectivity index (χ0) is 13.7. The SMILES string of the molecule is CCC(C)(CC)NC(=O)C(C)(CC)C(N)=NO. The molecule has 1 unspecified atom stereocenters. The van der Waals surface area contributed by atoms with Gasteiger partial charge < -0.3 is 16.3 Å². The molecule has 17 heavy (non-hydrogen) atoms. The van der Waals surface area contributed by atoms with Crippen LogP contribution in [0.25, 0.3) is 0 Å². The van der Waals surface area contributed by atoms with Crippen LogP contribution in [0, 0.1) is 5.41 Å². The fourth-order valence-electron chi connectivity index (χ4n) is 1.41. The molecule has 0 aromatic carbocycles. The molecule has 0 aromatic heterocycles. The Kier molecular flexibility index (Phi) is 5.45. The van der Waals surface area contributed by atoms with E-state index in [1.54, 1.807) is 6.92 Å². The van der Waals surface area contributed by atoms with Crippen LogP contribution in [-0.4, -0.2) is 22.5 Å². The molecule has 100 valence electrons. The van der Waals surface area contributed by atoms with Crippen molar-refractivity contribution in [1.82, 2.24) is 5.32 Å². The molecule has 0 heterocycles. The molecule has 0 rings (SSSR count). The van der Waals surface area contributed by atoms with Crippen molar-refractivity contribution in [2.24, 2.45) is 16.3 Å². The van der Waals surface area contributed by atoms with Crippen molar-refractivity contribution in [2.45, 2.75) is 59.4 Å². The summed E-state index contributed by atoms with van der Waals surface area (Å²) in [5.41, 5.74) is 4.40. The first-order valence-corrected chi connectivity index (χ1v) is 6.10. The number of nitrogens with one attached hydrogen (secondary N) is 1. The van der Waals surface area contributed by atoms with E-state index < -0.39 is 5.41 Å². The van der Waals surface area contributed by atoms with Gasteiger partial charge in [-0.3, -0.25) is 4.79 Å². The molecule has 5 nitrogen and oxygen atoms in total. The lowest BCUT2D eigenvalue weighted by Gasteiger charge is -2.34. The number of carbonyl (C=O) groups is 1. The lowest BCUT2D eigenvalue weighted by Crippen LogP contribution is -2.54. The highest BCUT2D eigenvalue weighted by Crippen LogP contribution is 2.24. The summed E-state index contributed by atoms with van der Waals surface area (Å²) in [5.74, 6) is -0.242. The highest BCUT2D eigenvalue weighted by atomic mass is 16.4. The minimum atomic E-state index is -0.958. The second-order valence-corrected chi connectivity index (χ2v) is 4.89. The normalized spacial score (nSPS) is 16.4. The number of amides is 1. The van der Waals surface area contributed by atoms with Crippen molar-refractivity contribution in [2.75, 3.05) is 0 Å². The van der Waals surface area contributed by atoms with Crippen molar-refractivity contribution in [1.29, 1.82) is 0 Å². The summed E-state index contributed by atoms with van der Waals surface area (Å²) in [6.07, 6.45) is 2.16. The van der Waals surface area contributed by atoms with E-state index >= 15 is 0 Å². The third kappa shape index (κ3) is 3.35. The third-order valence-electron chi connectivity index (χ3n) is 3.86. The molecule has 1 amide bonds. The maximum absolute atomic E-state index is 12.2. The number of hydrogen-bond donors (Lipinski definition) is 3. The molecule has 0 bridgehead atoms.